The average molecular weight is 473 g/mol. The highest BCUT2D eigenvalue weighted by atomic mass is 16.6. The number of amides is 2. The molecule has 34 heavy (non-hydrogen) atoms. The van der Waals surface area contributed by atoms with E-state index in [1.807, 2.05) is 20.8 Å². The maximum absolute atomic E-state index is 12.6. The molecule has 9 heteroatoms. The van der Waals surface area contributed by atoms with Crippen LogP contribution in [-0.2, 0) is 9.53 Å². The second-order valence-electron chi connectivity index (χ2n) is 11.0. The third-order valence-corrected chi connectivity index (χ3v) is 6.72. The molecule has 0 radical (unpaired) electrons. The maximum Gasteiger partial charge on any atom is 0.410 e. The van der Waals surface area contributed by atoms with Crippen LogP contribution < -0.4 is 15.5 Å². The quantitative estimate of drug-likeness (QED) is 0.626. The Hall–Kier alpha value is -2.58. The summed E-state index contributed by atoms with van der Waals surface area (Å²) in [7, 11) is 0. The topological polar surface area (TPSA) is 99.7 Å². The Morgan fingerprint density at radius 1 is 1.06 bits per heavy atom. The second-order valence-corrected chi connectivity index (χ2v) is 11.0. The Morgan fingerprint density at radius 3 is 2.53 bits per heavy atom. The molecule has 1 atom stereocenters. The van der Waals surface area contributed by atoms with E-state index in [9.17, 15) is 9.59 Å². The van der Waals surface area contributed by atoms with E-state index in [0.29, 0.717) is 31.5 Å². The number of carbonyl (C=O) groups excluding carboxylic acids is 2. The molecule has 2 aliphatic heterocycles. The SMILES string of the molecule is CC(C)(C)OC(=O)N1CCC(NC(=O)CCC2CCCN(c3cc(NC4CC4)ncn3)C2)CC1. The monoisotopic (exact) mass is 472 g/mol. The van der Waals surface area contributed by atoms with Gasteiger partial charge < -0.3 is 25.2 Å². The van der Waals surface area contributed by atoms with Gasteiger partial charge >= 0.3 is 6.09 Å². The summed E-state index contributed by atoms with van der Waals surface area (Å²) in [6.45, 7) is 8.80. The third-order valence-electron chi connectivity index (χ3n) is 6.72. The second kappa shape index (κ2) is 10.8. The Bertz CT molecular complexity index is 845. The molecule has 0 bridgehead atoms. The molecular formula is C25H40N6O3. The predicted molar refractivity (Wildman–Crippen MR) is 132 cm³/mol. The molecule has 1 unspecified atom stereocenters. The number of nitrogens with zero attached hydrogens (tertiary/aromatic N) is 4. The van der Waals surface area contributed by atoms with E-state index in [4.69, 9.17) is 4.74 Å². The van der Waals surface area contributed by atoms with Gasteiger partial charge in [-0.15, -0.1) is 0 Å². The lowest BCUT2D eigenvalue weighted by Gasteiger charge is -2.34. The average Bonchev–Trinajstić information content (AvgIpc) is 3.61. The van der Waals surface area contributed by atoms with Crippen LogP contribution in [0.1, 0.15) is 72.1 Å². The van der Waals surface area contributed by atoms with Crippen molar-refractivity contribution >= 4 is 23.6 Å². The van der Waals surface area contributed by atoms with Crippen molar-refractivity contribution in [3.05, 3.63) is 12.4 Å². The summed E-state index contributed by atoms with van der Waals surface area (Å²) in [5.74, 6) is 2.49. The van der Waals surface area contributed by atoms with E-state index in [2.05, 4.69) is 31.6 Å². The van der Waals surface area contributed by atoms with Crippen molar-refractivity contribution in [1.82, 2.24) is 20.2 Å². The first-order valence-corrected chi connectivity index (χ1v) is 12.9. The van der Waals surface area contributed by atoms with Gasteiger partial charge in [-0.1, -0.05) is 0 Å². The first-order chi connectivity index (χ1) is 16.2. The fraction of sp³-hybridized carbons (Fsp3) is 0.760. The van der Waals surface area contributed by atoms with Gasteiger partial charge in [0.25, 0.3) is 0 Å². The highest BCUT2D eigenvalue weighted by molar-refractivity contribution is 5.76. The Labute approximate surface area is 203 Å². The predicted octanol–water partition coefficient (Wildman–Crippen LogP) is 3.56. The third kappa shape index (κ3) is 7.46. The van der Waals surface area contributed by atoms with E-state index >= 15 is 0 Å². The van der Waals surface area contributed by atoms with E-state index in [0.717, 1.165) is 56.8 Å². The summed E-state index contributed by atoms with van der Waals surface area (Å²) < 4.78 is 5.45. The standard InChI is InChI=1S/C25H40N6O3/c1-25(2,3)34-24(33)30-13-10-20(11-14-30)29-23(32)9-6-18-5-4-12-31(16-18)22-15-21(26-17-27-22)28-19-7-8-19/h15,17-20H,4-14,16H2,1-3H3,(H,29,32)(H,26,27,28). The largest absolute Gasteiger partial charge is 0.444 e. The maximum atomic E-state index is 12.6. The molecule has 1 aromatic heterocycles. The lowest BCUT2D eigenvalue weighted by molar-refractivity contribution is -0.122. The Balaban J connectivity index is 1.17. The zero-order valence-corrected chi connectivity index (χ0v) is 20.9. The van der Waals surface area contributed by atoms with Crippen molar-refractivity contribution in [3.8, 4) is 0 Å². The Morgan fingerprint density at radius 2 is 1.82 bits per heavy atom. The molecule has 2 amide bonds. The summed E-state index contributed by atoms with van der Waals surface area (Å²) in [5.41, 5.74) is -0.486. The minimum atomic E-state index is -0.486. The van der Waals surface area contributed by atoms with E-state index in [1.54, 1.807) is 11.2 Å². The fourth-order valence-corrected chi connectivity index (χ4v) is 4.71. The summed E-state index contributed by atoms with van der Waals surface area (Å²) in [6.07, 6.45) is 9.05. The van der Waals surface area contributed by atoms with Crippen LogP contribution in [0.15, 0.2) is 12.4 Å². The minimum Gasteiger partial charge on any atom is -0.444 e. The van der Waals surface area contributed by atoms with Crippen LogP contribution in [0.2, 0.25) is 0 Å². The first-order valence-electron chi connectivity index (χ1n) is 12.9. The van der Waals surface area contributed by atoms with Crippen LogP contribution in [0.5, 0.6) is 0 Å². The minimum absolute atomic E-state index is 0.116. The first kappa shape index (κ1) is 24.5. The van der Waals surface area contributed by atoms with Crippen molar-refractivity contribution < 1.29 is 14.3 Å². The Kier molecular flexibility index (Phi) is 7.78. The number of hydrogen-bond acceptors (Lipinski definition) is 7. The van der Waals surface area contributed by atoms with Gasteiger partial charge in [0.2, 0.25) is 5.91 Å². The number of rotatable bonds is 7. The fourth-order valence-electron chi connectivity index (χ4n) is 4.71. The molecule has 1 aliphatic carbocycles. The van der Waals surface area contributed by atoms with E-state index in [1.165, 1.54) is 12.8 Å². The molecule has 188 valence electrons. The molecule has 1 saturated carbocycles. The van der Waals surface area contributed by atoms with Crippen LogP contribution in [0.3, 0.4) is 0 Å². The van der Waals surface area contributed by atoms with Crippen molar-refractivity contribution in [1.29, 1.82) is 0 Å². The molecule has 3 heterocycles. The smallest absolute Gasteiger partial charge is 0.410 e. The van der Waals surface area contributed by atoms with Crippen molar-refractivity contribution in [2.45, 2.75) is 89.8 Å². The van der Waals surface area contributed by atoms with Gasteiger partial charge in [-0.2, -0.15) is 0 Å². The number of nitrogens with one attached hydrogen (secondary N) is 2. The lowest BCUT2D eigenvalue weighted by Crippen LogP contribution is -2.47. The zero-order valence-electron chi connectivity index (χ0n) is 20.9. The molecule has 2 saturated heterocycles. The van der Waals surface area contributed by atoms with Gasteiger partial charge in [-0.3, -0.25) is 4.79 Å². The van der Waals surface area contributed by atoms with Gasteiger partial charge in [-0.25, -0.2) is 14.8 Å². The molecular weight excluding hydrogens is 432 g/mol. The number of aromatic nitrogens is 2. The summed E-state index contributed by atoms with van der Waals surface area (Å²) in [4.78, 5) is 37.7. The molecule has 2 N–H and O–H groups in total. The van der Waals surface area contributed by atoms with Crippen molar-refractivity contribution in [2.24, 2.45) is 5.92 Å². The summed E-state index contributed by atoms with van der Waals surface area (Å²) in [5, 5.41) is 6.63. The van der Waals surface area contributed by atoms with E-state index < -0.39 is 5.60 Å². The molecule has 4 rings (SSSR count). The van der Waals surface area contributed by atoms with E-state index in [-0.39, 0.29) is 18.0 Å². The molecule has 1 aromatic rings. The van der Waals surface area contributed by atoms with Gasteiger partial charge in [0.1, 0.15) is 23.6 Å². The molecule has 3 aliphatic rings. The zero-order chi connectivity index (χ0) is 24.1. The van der Waals surface area contributed by atoms with Crippen LogP contribution in [-0.4, -0.2) is 70.7 Å². The number of likely N-dealkylation sites (tertiary alicyclic amines) is 1. The van der Waals surface area contributed by atoms with Crippen molar-refractivity contribution in [3.63, 3.8) is 0 Å². The number of anilines is 2. The summed E-state index contributed by atoms with van der Waals surface area (Å²) >= 11 is 0. The number of carbonyl (C=O) groups is 2. The molecule has 0 spiro atoms. The number of piperidine rings is 2. The highest BCUT2D eigenvalue weighted by Gasteiger charge is 2.28. The molecule has 9 nitrogen and oxygen atoms in total. The van der Waals surface area contributed by atoms with Gasteiger partial charge in [-0.05, 0) is 71.6 Å². The number of hydrogen-bond donors (Lipinski definition) is 2. The van der Waals surface area contributed by atoms with Crippen LogP contribution >= 0.6 is 0 Å². The lowest BCUT2D eigenvalue weighted by atomic mass is 9.93. The normalized spacial score (nSPS) is 21.8. The van der Waals surface area contributed by atoms with Crippen LogP contribution in [0.25, 0.3) is 0 Å². The van der Waals surface area contributed by atoms with Crippen LogP contribution in [0, 0.1) is 5.92 Å². The number of ether oxygens (including phenoxy) is 1. The molecule has 3 fully saturated rings. The molecule has 0 aromatic carbocycles. The van der Waals surface area contributed by atoms with Crippen LogP contribution in [0.4, 0.5) is 16.4 Å². The van der Waals surface area contributed by atoms with Gasteiger partial charge in [0.05, 0.1) is 0 Å². The van der Waals surface area contributed by atoms with Gasteiger partial charge in [0, 0.05) is 50.7 Å². The van der Waals surface area contributed by atoms with Gasteiger partial charge in [0.15, 0.2) is 0 Å². The summed E-state index contributed by atoms with van der Waals surface area (Å²) in [6, 6.07) is 2.75. The van der Waals surface area contributed by atoms with Crippen molar-refractivity contribution in [2.75, 3.05) is 36.4 Å². The highest BCUT2D eigenvalue weighted by Crippen LogP contribution is 2.28.